The standard InChI is InChI=1S/C12H15NO6/c1-6(14)18-5-12(2,3)10-9(11(16)17)19-8-4-7(15)13(8)10/h8H,4-5H2,1-3H3,(H,16,17). The molecule has 0 aromatic heterocycles. The Labute approximate surface area is 109 Å². The van der Waals surface area contributed by atoms with Gasteiger partial charge in [-0.2, -0.15) is 0 Å². The van der Waals surface area contributed by atoms with E-state index in [-0.39, 0.29) is 30.4 Å². The first-order valence-electron chi connectivity index (χ1n) is 5.84. The second kappa shape index (κ2) is 4.25. The molecular formula is C12H15NO6. The number of fused-ring (bicyclic) bond motifs is 1. The maximum absolute atomic E-state index is 11.6. The first-order valence-corrected chi connectivity index (χ1v) is 5.84. The van der Waals surface area contributed by atoms with Crippen molar-refractivity contribution in [2.75, 3.05) is 6.61 Å². The lowest BCUT2D eigenvalue weighted by molar-refractivity contribution is -0.158. The van der Waals surface area contributed by atoms with Crippen LogP contribution in [0.1, 0.15) is 27.2 Å². The largest absolute Gasteiger partial charge is 0.475 e. The zero-order valence-corrected chi connectivity index (χ0v) is 10.9. The monoisotopic (exact) mass is 269 g/mol. The van der Waals surface area contributed by atoms with E-state index in [9.17, 15) is 14.4 Å². The zero-order chi connectivity index (χ0) is 14.4. The molecule has 0 aliphatic carbocycles. The molecule has 104 valence electrons. The lowest BCUT2D eigenvalue weighted by Gasteiger charge is -2.38. The molecule has 1 unspecified atom stereocenters. The fraction of sp³-hybridized carbons (Fsp3) is 0.583. The van der Waals surface area contributed by atoms with Crippen molar-refractivity contribution >= 4 is 17.8 Å². The van der Waals surface area contributed by atoms with Crippen LogP contribution in [-0.4, -0.2) is 40.7 Å². The van der Waals surface area contributed by atoms with Crippen molar-refractivity contribution in [1.29, 1.82) is 0 Å². The van der Waals surface area contributed by atoms with Gasteiger partial charge in [-0.3, -0.25) is 14.5 Å². The van der Waals surface area contributed by atoms with E-state index < -0.39 is 23.6 Å². The molecule has 2 rings (SSSR count). The molecular weight excluding hydrogens is 254 g/mol. The van der Waals surface area contributed by atoms with E-state index in [0.29, 0.717) is 0 Å². The van der Waals surface area contributed by atoms with Gasteiger partial charge in [-0.1, -0.05) is 13.8 Å². The van der Waals surface area contributed by atoms with Crippen molar-refractivity contribution < 1.29 is 29.0 Å². The highest BCUT2D eigenvalue weighted by molar-refractivity contribution is 5.92. The van der Waals surface area contributed by atoms with E-state index in [1.54, 1.807) is 13.8 Å². The summed E-state index contributed by atoms with van der Waals surface area (Å²) in [6.07, 6.45) is -0.366. The molecule has 2 aliphatic heterocycles. The minimum atomic E-state index is -1.23. The maximum Gasteiger partial charge on any atom is 0.373 e. The van der Waals surface area contributed by atoms with E-state index >= 15 is 0 Å². The van der Waals surface area contributed by atoms with Gasteiger partial charge >= 0.3 is 11.9 Å². The van der Waals surface area contributed by atoms with E-state index in [4.69, 9.17) is 14.6 Å². The third-order valence-corrected chi connectivity index (χ3v) is 3.09. The van der Waals surface area contributed by atoms with E-state index in [2.05, 4.69) is 0 Å². The summed E-state index contributed by atoms with van der Waals surface area (Å²) in [5.41, 5.74) is -0.549. The third-order valence-electron chi connectivity index (χ3n) is 3.09. The van der Waals surface area contributed by atoms with Crippen LogP contribution in [0.15, 0.2) is 11.5 Å². The molecule has 2 heterocycles. The quantitative estimate of drug-likeness (QED) is 0.588. The number of rotatable bonds is 4. The average Bonchev–Trinajstić information content (AvgIpc) is 2.60. The zero-order valence-electron chi connectivity index (χ0n) is 10.9. The Morgan fingerprint density at radius 2 is 2.16 bits per heavy atom. The van der Waals surface area contributed by atoms with E-state index in [1.165, 1.54) is 11.8 Å². The molecule has 2 aliphatic rings. The highest BCUT2D eigenvalue weighted by Gasteiger charge is 2.53. The van der Waals surface area contributed by atoms with Gasteiger partial charge in [0, 0.05) is 12.3 Å². The lowest BCUT2D eigenvalue weighted by atomic mass is 9.87. The van der Waals surface area contributed by atoms with Gasteiger partial charge in [0.05, 0.1) is 12.1 Å². The Morgan fingerprint density at radius 3 is 2.63 bits per heavy atom. The topological polar surface area (TPSA) is 93.1 Å². The smallest absolute Gasteiger partial charge is 0.373 e. The van der Waals surface area contributed by atoms with Crippen molar-refractivity contribution in [1.82, 2.24) is 4.90 Å². The van der Waals surface area contributed by atoms with Gasteiger partial charge < -0.3 is 14.6 Å². The number of hydrogen-bond donors (Lipinski definition) is 1. The number of carbonyl (C=O) groups excluding carboxylic acids is 2. The van der Waals surface area contributed by atoms with Gasteiger partial charge in [-0.05, 0) is 0 Å². The van der Waals surface area contributed by atoms with Crippen LogP contribution in [0.25, 0.3) is 0 Å². The number of nitrogens with zero attached hydrogens (tertiary/aromatic N) is 1. The Morgan fingerprint density at radius 1 is 1.53 bits per heavy atom. The van der Waals surface area contributed by atoms with Crippen LogP contribution in [0.5, 0.6) is 0 Å². The van der Waals surface area contributed by atoms with Gasteiger partial charge in [0.15, 0.2) is 6.23 Å². The summed E-state index contributed by atoms with van der Waals surface area (Å²) in [4.78, 5) is 35.0. The van der Waals surface area contributed by atoms with Crippen molar-refractivity contribution in [3.8, 4) is 0 Å². The van der Waals surface area contributed by atoms with Crippen LogP contribution < -0.4 is 0 Å². The summed E-state index contributed by atoms with van der Waals surface area (Å²) in [7, 11) is 0. The Kier molecular flexibility index (Phi) is 3.00. The molecule has 1 fully saturated rings. The summed E-state index contributed by atoms with van der Waals surface area (Å²) in [5, 5.41) is 9.15. The van der Waals surface area contributed by atoms with Crippen LogP contribution in [0, 0.1) is 5.41 Å². The van der Waals surface area contributed by atoms with Crippen molar-refractivity contribution in [2.45, 2.75) is 33.4 Å². The molecule has 0 aromatic rings. The number of aliphatic carboxylic acids is 1. The second-order valence-corrected chi connectivity index (χ2v) is 5.19. The van der Waals surface area contributed by atoms with Crippen LogP contribution in [0.4, 0.5) is 0 Å². The number of carboxylic acid groups (broad SMARTS) is 1. The molecule has 7 nitrogen and oxygen atoms in total. The second-order valence-electron chi connectivity index (χ2n) is 5.19. The molecule has 1 amide bonds. The number of esters is 1. The molecule has 0 saturated carbocycles. The Bertz CT molecular complexity index is 492. The van der Waals surface area contributed by atoms with Gasteiger partial charge in [-0.25, -0.2) is 4.79 Å². The summed E-state index contributed by atoms with van der Waals surface area (Å²) >= 11 is 0. The number of ether oxygens (including phenoxy) is 2. The molecule has 1 atom stereocenters. The van der Waals surface area contributed by atoms with Gasteiger partial charge in [0.25, 0.3) is 0 Å². The summed E-state index contributed by atoms with van der Waals surface area (Å²) in [6.45, 7) is 4.65. The molecule has 1 N–H and O–H groups in total. The fourth-order valence-corrected chi connectivity index (χ4v) is 2.19. The molecule has 0 bridgehead atoms. The van der Waals surface area contributed by atoms with Gasteiger partial charge in [0.2, 0.25) is 11.7 Å². The maximum atomic E-state index is 11.6. The molecule has 0 radical (unpaired) electrons. The van der Waals surface area contributed by atoms with Crippen molar-refractivity contribution in [3.05, 3.63) is 11.5 Å². The summed E-state index contributed by atoms with van der Waals surface area (Å²) in [6, 6.07) is 0. The lowest BCUT2D eigenvalue weighted by Crippen LogP contribution is -2.51. The third kappa shape index (κ3) is 2.16. The predicted octanol–water partition coefficient (Wildman–Crippen LogP) is 0.460. The van der Waals surface area contributed by atoms with Crippen LogP contribution in [0.3, 0.4) is 0 Å². The Hall–Kier alpha value is -2.05. The first-order chi connectivity index (χ1) is 8.74. The van der Waals surface area contributed by atoms with Crippen molar-refractivity contribution in [3.63, 3.8) is 0 Å². The number of amides is 1. The van der Waals surface area contributed by atoms with Crippen LogP contribution >= 0.6 is 0 Å². The number of β-lactam (4-membered cyclic amide) rings is 1. The first kappa shape index (κ1) is 13.4. The highest BCUT2D eigenvalue weighted by Crippen LogP contribution is 2.44. The number of hydrogen-bond acceptors (Lipinski definition) is 5. The van der Waals surface area contributed by atoms with Crippen LogP contribution in [-0.2, 0) is 23.9 Å². The number of carbonyl (C=O) groups is 3. The van der Waals surface area contributed by atoms with Crippen molar-refractivity contribution in [2.24, 2.45) is 5.41 Å². The normalized spacial score (nSPS) is 21.7. The summed E-state index contributed by atoms with van der Waals surface area (Å²) in [5.74, 6) is -2.12. The van der Waals surface area contributed by atoms with E-state index in [0.717, 1.165) is 0 Å². The minimum absolute atomic E-state index is 0.0195. The fourth-order valence-electron chi connectivity index (χ4n) is 2.19. The van der Waals surface area contributed by atoms with Gasteiger partial charge in [0.1, 0.15) is 6.61 Å². The minimum Gasteiger partial charge on any atom is -0.475 e. The predicted molar refractivity (Wildman–Crippen MR) is 61.4 cm³/mol. The van der Waals surface area contributed by atoms with Crippen LogP contribution in [0.2, 0.25) is 0 Å². The summed E-state index contributed by atoms with van der Waals surface area (Å²) < 4.78 is 10.2. The molecule has 0 aromatic carbocycles. The molecule has 19 heavy (non-hydrogen) atoms. The highest BCUT2D eigenvalue weighted by atomic mass is 16.5. The molecule has 1 saturated heterocycles. The number of carboxylic acids is 1. The SMILES string of the molecule is CC(=O)OCC(C)(C)C1=C(C(=O)O)OC2CC(=O)N12. The molecule has 0 spiro atoms. The van der Waals surface area contributed by atoms with E-state index in [1.807, 2.05) is 0 Å². The Balaban J connectivity index is 2.31. The molecule has 7 heteroatoms. The average molecular weight is 269 g/mol. The van der Waals surface area contributed by atoms with Gasteiger partial charge in [-0.15, -0.1) is 0 Å².